The van der Waals surface area contributed by atoms with E-state index in [2.05, 4.69) is 20.9 Å². The third-order valence-electron chi connectivity index (χ3n) is 4.78. The molecule has 2 aliphatic rings. The average Bonchev–Trinajstić information content (AvgIpc) is 3.31. The molecule has 1 aromatic carbocycles. The average molecular weight is 312 g/mol. The number of aromatic nitrogens is 1. The van der Waals surface area contributed by atoms with Crippen molar-refractivity contribution in [2.75, 3.05) is 12.4 Å². The van der Waals surface area contributed by atoms with Gasteiger partial charge in [0.05, 0.1) is 6.20 Å². The van der Waals surface area contributed by atoms with Gasteiger partial charge in [0.25, 0.3) is 5.89 Å². The van der Waals surface area contributed by atoms with E-state index in [4.69, 9.17) is 4.42 Å². The van der Waals surface area contributed by atoms with Crippen LogP contribution in [-0.4, -0.2) is 36.1 Å². The van der Waals surface area contributed by atoms with E-state index in [1.807, 2.05) is 31.3 Å². The molecule has 120 valence electrons. The molecule has 3 atom stereocenters. The number of anilines is 1. The summed E-state index contributed by atoms with van der Waals surface area (Å²) < 4.78 is 5.68. The molecule has 3 unspecified atom stereocenters. The van der Waals surface area contributed by atoms with Crippen molar-refractivity contribution in [1.82, 2.24) is 15.6 Å². The van der Waals surface area contributed by atoms with Crippen LogP contribution in [0.3, 0.4) is 0 Å². The summed E-state index contributed by atoms with van der Waals surface area (Å²) in [6.45, 7) is 0. The predicted octanol–water partition coefficient (Wildman–Crippen LogP) is 2.01. The van der Waals surface area contributed by atoms with Crippen LogP contribution in [0.15, 0.2) is 34.9 Å². The molecule has 0 radical (unpaired) electrons. The lowest BCUT2D eigenvalue weighted by Gasteiger charge is -2.20. The van der Waals surface area contributed by atoms with E-state index in [1.165, 1.54) is 6.42 Å². The number of oxazole rings is 1. The van der Waals surface area contributed by atoms with Crippen molar-refractivity contribution in [3.63, 3.8) is 0 Å². The van der Waals surface area contributed by atoms with Crippen molar-refractivity contribution in [3.8, 4) is 11.3 Å². The lowest BCUT2D eigenvalue weighted by atomic mass is 9.95. The molecule has 2 aliphatic heterocycles. The number of carbonyl (C=O) groups is 1. The Labute approximate surface area is 134 Å². The van der Waals surface area contributed by atoms with Gasteiger partial charge in [-0.05, 0) is 31.4 Å². The maximum atomic E-state index is 12.4. The monoisotopic (exact) mass is 312 g/mol. The molecule has 3 heterocycles. The van der Waals surface area contributed by atoms with E-state index in [-0.39, 0.29) is 17.8 Å². The first-order chi connectivity index (χ1) is 11.2. The minimum Gasteiger partial charge on any atom is -0.432 e. The summed E-state index contributed by atoms with van der Waals surface area (Å²) in [6, 6.07) is 8.89. The van der Waals surface area contributed by atoms with Crippen LogP contribution in [-0.2, 0) is 0 Å². The molecule has 6 heteroatoms. The van der Waals surface area contributed by atoms with Gasteiger partial charge in [-0.2, -0.15) is 0 Å². The fourth-order valence-electron chi connectivity index (χ4n) is 3.63. The van der Waals surface area contributed by atoms with Crippen LogP contribution in [0, 0.1) is 0 Å². The van der Waals surface area contributed by atoms with Gasteiger partial charge in [0.15, 0.2) is 5.76 Å². The van der Waals surface area contributed by atoms with E-state index >= 15 is 0 Å². The van der Waals surface area contributed by atoms with E-state index in [0.29, 0.717) is 17.8 Å². The number of amides is 1. The minimum atomic E-state index is -0.238. The zero-order valence-electron chi connectivity index (χ0n) is 13.0. The van der Waals surface area contributed by atoms with Gasteiger partial charge in [-0.25, -0.2) is 4.98 Å². The molecule has 0 saturated carbocycles. The largest absolute Gasteiger partial charge is 0.432 e. The first kappa shape index (κ1) is 14.3. The number of para-hydroxylation sites is 1. The maximum absolute atomic E-state index is 12.4. The number of hydrogen-bond donors (Lipinski definition) is 3. The molecule has 2 bridgehead atoms. The molecule has 1 amide bonds. The molecular formula is C17H20N4O2. The lowest BCUT2D eigenvalue weighted by Crippen LogP contribution is -2.43. The Morgan fingerprint density at radius 3 is 2.96 bits per heavy atom. The number of benzene rings is 1. The summed E-state index contributed by atoms with van der Waals surface area (Å²) in [5, 5.41) is 9.67. The number of carbonyl (C=O) groups excluding carboxylic acids is 1. The van der Waals surface area contributed by atoms with Gasteiger partial charge in [0.1, 0.15) is 0 Å². The smallest absolute Gasteiger partial charge is 0.307 e. The third kappa shape index (κ3) is 2.59. The van der Waals surface area contributed by atoms with E-state index in [1.54, 1.807) is 6.20 Å². The van der Waals surface area contributed by atoms with Crippen LogP contribution in [0.2, 0.25) is 0 Å². The molecule has 4 rings (SSSR count). The standard InChI is InChI=1S/C17H20N4O2/c1-18-12-5-3-2-4-11(12)15-9-19-17(23-15)16(22)21-14-8-10-6-7-13(14)20-10/h2-5,9-10,13-14,18,20H,6-8H2,1H3,(H,21,22). The highest BCUT2D eigenvalue weighted by atomic mass is 16.4. The minimum absolute atomic E-state index is 0.119. The zero-order chi connectivity index (χ0) is 15.8. The van der Waals surface area contributed by atoms with Gasteiger partial charge in [0.2, 0.25) is 0 Å². The number of rotatable bonds is 4. The second-order valence-electron chi connectivity index (χ2n) is 6.19. The van der Waals surface area contributed by atoms with Crippen molar-refractivity contribution >= 4 is 11.6 Å². The number of nitrogens with zero attached hydrogens (tertiary/aromatic N) is 1. The van der Waals surface area contributed by atoms with Gasteiger partial charge in [-0.1, -0.05) is 12.1 Å². The quantitative estimate of drug-likeness (QED) is 0.805. The van der Waals surface area contributed by atoms with Crippen molar-refractivity contribution in [3.05, 3.63) is 36.4 Å². The van der Waals surface area contributed by atoms with Gasteiger partial charge in [0, 0.05) is 36.4 Å². The molecule has 6 nitrogen and oxygen atoms in total. The normalized spacial score (nSPS) is 25.5. The molecule has 0 aliphatic carbocycles. The Morgan fingerprint density at radius 1 is 1.35 bits per heavy atom. The summed E-state index contributed by atoms with van der Waals surface area (Å²) >= 11 is 0. The van der Waals surface area contributed by atoms with E-state index < -0.39 is 0 Å². The Bertz CT molecular complexity index is 727. The van der Waals surface area contributed by atoms with Gasteiger partial charge >= 0.3 is 5.91 Å². The first-order valence-electron chi connectivity index (χ1n) is 8.04. The summed E-state index contributed by atoms with van der Waals surface area (Å²) in [5.41, 5.74) is 1.83. The molecule has 23 heavy (non-hydrogen) atoms. The molecule has 2 aromatic rings. The SMILES string of the molecule is CNc1ccccc1-c1cnc(C(=O)NC2CC3CCC2N3)o1. The Kier molecular flexibility index (Phi) is 3.53. The Morgan fingerprint density at radius 2 is 2.22 bits per heavy atom. The Hall–Kier alpha value is -2.34. The van der Waals surface area contributed by atoms with Crippen LogP contribution in [0.25, 0.3) is 11.3 Å². The first-order valence-corrected chi connectivity index (χ1v) is 8.04. The fraction of sp³-hybridized carbons (Fsp3) is 0.412. The lowest BCUT2D eigenvalue weighted by molar-refractivity contribution is 0.0896. The zero-order valence-corrected chi connectivity index (χ0v) is 13.0. The fourth-order valence-corrected chi connectivity index (χ4v) is 3.63. The van der Waals surface area contributed by atoms with Crippen LogP contribution >= 0.6 is 0 Å². The highest BCUT2D eigenvalue weighted by molar-refractivity contribution is 5.90. The number of nitrogens with one attached hydrogen (secondary N) is 3. The molecule has 0 spiro atoms. The van der Waals surface area contributed by atoms with Crippen LogP contribution < -0.4 is 16.0 Å². The van der Waals surface area contributed by atoms with Crippen LogP contribution in [0.5, 0.6) is 0 Å². The van der Waals surface area contributed by atoms with Gasteiger partial charge in [-0.3, -0.25) is 4.79 Å². The van der Waals surface area contributed by atoms with E-state index in [9.17, 15) is 4.79 Å². The maximum Gasteiger partial charge on any atom is 0.307 e. The van der Waals surface area contributed by atoms with Crippen molar-refractivity contribution in [1.29, 1.82) is 0 Å². The summed E-state index contributed by atoms with van der Waals surface area (Å²) in [6.07, 6.45) is 4.93. The summed E-state index contributed by atoms with van der Waals surface area (Å²) in [4.78, 5) is 16.5. The molecule has 2 saturated heterocycles. The van der Waals surface area contributed by atoms with Crippen molar-refractivity contribution in [2.45, 2.75) is 37.4 Å². The van der Waals surface area contributed by atoms with Crippen molar-refractivity contribution in [2.24, 2.45) is 0 Å². The molecular weight excluding hydrogens is 292 g/mol. The molecule has 3 N–H and O–H groups in total. The molecule has 2 fully saturated rings. The molecule has 1 aromatic heterocycles. The Balaban J connectivity index is 1.50. The van der Waals surface area contributed by atoms with Gasteiger partial charge in [-0.15, -0.1) is 0 Å². The van der Waals surface area contributed by atoms with Crippen LogP contribution in [0.1, 0.15) is 29.9 Å². The van der Waals surface area contributed by atoms with Crippen molar-refractivity contribution < 1.29 is 9.21 Å². The second kappa shape index (κ2) is 5.70. The highest BCUT2D eigenvalue weighted by Crippen LogP contribution is 2.30. The van der Waals surface area contributed by atoms with E-state index in [0.717, 1.165) is 24.1 Å². The van der Waals surface area contributed by atoms with Gasteiger partial charge < -0.3 is 20.4 Å². The number of fused-ring (bicyclic) bond motifs is 2. The van der Waals surface area contributed by atoms with Crippen LogP contribution in [0.4, 0.5) is 5.69 Å². The third-order valence-corrected chi connectivity index (χ3v) is 4.78. The summed E-state index contributed by atoms with van der Waals surface area (Å²) in [5.74, 6) is 0.470. The second-order valence-corrected chi connectivity index (χ2v) is 6.19. The summed E-state index contributed by atoms with van der Waals surface area (Å²) in [7, 11) is 1.85. The number of hydrogen-bond acceptors (Lipinski definition) is 5. The highest BCUT2D eigenvalue weighted by Gasteiger charge is 2.40. The predicted molar refractivity (Wildman–Crippen MR) is 87.3 cm³/mol. The topological polar surface area (TPSA) is 79.2 Å².